The van der Waals surface area contributed by atoms with Crippen LogP contribution >= 0.6 is 0 Å². The van der Waals surface area contributed by atoms with Crippen molar-refractivity contribution in [1.29, 1.82) is 5.26 Å². The third kappa shape index (κ3) is 3.56. The van der Waals surface area contributed by atoms with E-state index in [-0.39, 0.29) is 23.8 Å². The molecule has 0 unspecified atom stereocenters. The fourth-order valence-electron chi connectivity index (χ4n) is 2.86. The molecule has 128 valence electrons. The Morgan fingerprint density at radius 3 is 2.52 bits per heavy atom. The van der Waals surface area contributed by atoms with Gasteiger partial charge in [0.15, 0.2) is 6.61 Å². The number of ether oxygens (including phenoxy) is 1. The quantitative estimate of drug-likeness (QED) is 0.843. The van der Waals surface area contributed by atoms with Crippen molar-refractivity contribution in [3.05, 3.63) is 42.0 Å². The predicted molar refractivity (Wildman–Crippen MR) is 91.3 cm³/mol. The summed E-state index contributed by atoms with van der Waals surface area (Å²) in [5.41, 5.74) is -0.906. The highest BCUT2D eigenvalue weighted by atomic mass is 16.5. The Labute approximate surface area is 145 Å². The number of rotatable bonds is 6. The van der Waals surface area contributed by atoms with Gasteiger partial charge >= 0.3 is 5.97 Å². The minimum Gasteiger partial charge on any atom is -0.483 e. The zero-order valence-electron chi connectivity index (χ0n) is 13.8. The maximum atomic E-state index is 12.1. The summed E-state index contributed by atoms with van der Waals surface area (Å²) in [6, 6.07) is 12.6. The molecule has 0 aromatic heterocycles. The first kappa shape index (κ1) is 16.8. The average Bonchev–Trinajstić information content (AvgIpc) is 3.44. The predicted octanol–water partition coefficient (Wildman–Crippen LogP) is 2.73. The Morgan fingerprint density at radius 2 is 1.96 bits per heavy atom. The highest BCUT2D eigenvalue weighted by molar-refractivity contribution is 5.97. The Kier molecular flexibility index (Phi) is 4.32. The van der Waals surface area contributed by atoms with Gasteiger partial charge in [0.25, 0.3) is 5.91 Å². The van der Waals surface area contributed by atoms with Crippen molar-refractivity contribution in [3.63, 3.8) is 0 Å². The van der Waals surface area contributed by atoms with Crippen molar-refractivity contribution in [3.8, 4) is 11.8 Å². The minimum absolute atomic E-state index is 0.00302. The van der Waals surface area contributed by atoms with E-state index in [1.54, 1.807) is 13.0 Å². The maximum absolute atomic E-state index is 12.1. The number of nitrogens with one attached hydrogen (secondary N) is 1. The molecule has 1 atom stereocenters. The lowest BCUT2D eigenvalue weighted by Gasteiger charge is -2.23. The third-order valence-electron chi connectivity index (χ3n) is 4.46. The van der Waals surface area contributed by atoms with Crippen LogP contribution in [-0.2, 0) is 4.79 Å². The second kappa shape index (κ2) is 6.44. The van der Waals surface area contributed by atoms with Crippen LogP contribution < -0.4 is 10.1 Å². The summed E-state index contributed by atoms with van der Waals surface area (Å²) in [6.45, 7) is 1.35. The van der Waals surface area contributed by atoms with Crippen molar-refractivity contribution in [2.45, 2.75) is 25.3 Å². The normalized spacial score (nSPS) is 15.8. The van der Waals surface area contributed by atoms with E-state index in [9.17, 15) is 20.0 Å². The van der Waals surface area contributed by atoms with Gasteiger partial charge in [-0.25, -0.2) is 4.79 Å². The number of fused-ring (bicyclic) bond motifs is 1. The van der Waals surface area contributed by atoms with Crippen molar-refractivity contribution >= 4 is 22.6 Å². The van der Waals surface area contributed by atoms with E-state index in [2.05, 4.69) is 11.4 Å². The highest BCUT2D eigenvalue weighted by Gasteiger charge is 2.43. The zero-order valence-corrected chi connectivity index (χ0v) is 13.8. The van der Waals surface area contributed by atoms with Crippen LogP contribution in [-0.4, -0.2) is 29.1 Å². The molecule has 0 aliphatic heterocycles. The van der Waals surface area contributed by atoms with Crippen LogP contribution in [0.25, 0.3) is 10.8 Å². The lowest BCUT2D eigenvalue weighted by atomic mass is 9.98. The Balaban J connectivity index is 1.76. The number of hydrogen-bond acceptors (Lipinski definition) is 4. The van der Waals surface area contributed by atoms with Gasteiger partial charge in [0.05, 0.1) is 6.07 Å². The number of hydrogen-bond donors (Lipinski definition) is 2. The molecule has 1 amide bonds. The lowest BCUT2D eigenvalue weighted by Crippen LogP contribution is -2.48. The fourth-order valence-corrected chi connectivity index (χ4v) is 2.86. The summed E-state index contributed by atoms with van der Waals surface area (Å²) in [5, 5.41) is 22.9. The van der Waals surface area contributed by atoms with Gasteiger partial charge in [-0.2, -0.15) is 5.26 Å². The number of nitriles is 1. The highest BCUT2D eigenvalue weighted by Crippen LogP contribution is 2.39. The van der Waals surface area contributed by atoms with Gasteiger partial charge < -0.3 is 15.2 Å². The Morgan fingerprint density at radius 1 is 1.32 bits per heavy atom. The number of carboxylic acid groups (broad SMARTS) is 1. The first-order chi connectivity index (χ1) is 11.9. The molecule has 1 aliphatic carbocycles. The number of carbonyl (C=O) groups excluding carboxylic acids is 1. The molecular formula is C19H18N2O4. The minimum atomic E-state index is -1.12. The molecule has 2 aromatic carbocycles. The molecule has 3 rings (SSSR count). The molecule has 2 N–H and O–H groups in total. The number of amides is 1. The molecule has 6 heteroatoms. The van der Waals surface area contributed by atoms with Crippen molar-refractivity contribution in [2.24, 2.45) is 5.92 Å². The molecule has 1 saturated carbocycles. The molecule has 0 bridgehead atoms. The first-order valence-electron chi connectivity index (χ1n) is 8.04. The van der Waals surface area contributed by atoms with Gasteiger partial charge in [0, 0.05) is 0 Å². The van der Waals surface area contributed by atoms with Crippen LogP contribution in [0.3, 0.4) is 0 Å². The summed E-state index contributed by atoms with van der Waals surface area (Å²) in [5.74, 6) is -1.27. The topological polar surface area (TPSA) is 99.4 Å². The molecule has 0 spiro atoms. The molecule has 6 nitrogen and oxygen atoms in total. The summed E-state index contributed by atoms with van der Waals surface area (Å²) in [7, 11) is 0. The molecule has 0 radical (unpaired) electrons. The van der Waals surface area contributed by atoms with Crippen LogP contribution in [0.15, 0.2) is 36.4 Å². The van der Waals surface area contributed by atoms with E-state index in [0.29, 0.717) is 0 Å². The fraction of sp³-hybridized carbons (Fsp3) is 0.316. The van der Waals surface area contributed by atoms with Gasteiger partial charge in [-0.15, -0.1) is 0 Å². The summed E-state index contributed by atoms with van der Waals surface area (Å²) in [4.78, 5) is 23.6. The number of nitrogens with zero attached hydrogens (tertiary/aromatic N) is 1. The van der Waals surface area contributed by atoms with Gasteiger partial charge in [-0.3, -0.25) is 4.79 Å². The van der Waals surface area contributed by atoms with Crippen molar-refractivity contribution < 1.29 is 19.4 Å². The summed E-state index contributed by atoms with van der Waals surface area (Å²) >= 11 is 0. The van der Waals surface area contributed by atoms with E-state index < -0.39 is 17.4 Å². The van der Waals surface area contributed by atoms with E-state index in [4.69, 9.17) is 4.74 Å². The molecule has 2 aromatic rings. The average molecular weight is 338 g/mol. The second-order valence-corrected chi connectivity index (χ2v) is 6.43. The van der Waals surface area contributed by atoms with E-state index in [1.807, 2.05) is 24.3 Å². The van der Waals surface area contributed by atoms with E-state index >= 15 is 0 Å². The Hall–Kier alpha value is -3.07. The zero-order chi connectivity index (χ0) is 18.0. The third-order valence-corrected chi connectivity index (χ3v) is 4.46. The molecule has 1 fully saturated rings. The van der Waals surface area contributed by atoms with Gasteiger partial charge in [-0.1, -0.05) is 24.3 Å². The number of carboxylic acids is 1. The van der Waals surface area contributed by atoms with Crippen LogP contribution in [0.5, 0.6) is 5.75 Å². The van der Waals surface area contributed by atoms with Crippen molar-refractivity contribution in [2.75, 3.05) is 6.61 Å². The van der Waals surface area contributed by atoms with E-state index in [0.717, 1.165) is 23.6 Å². The Bertz CT molecular complexity index is 883. The van der Waals surface area contributed by atoms with Gasteiger partial charge in [-0.05, 0) is 48.6 Å². The maximum Gasteiger partial charge on any atom is 0.339 e. The second-order valence-electron chi connectivity index (χ2n) is 6.43. The van der Waals surface area contributed by atoms with Crippen LogP contribution in [0.4, 0.5) is 0 Å². The van der Waals surface area contributed by atoms with Gasteiger partial charge in [0.2, 0.25) is 0 Å². The summed E-state index contributed by atoms with van der Waals surface area (Å²) in [6.07, 6.45) is 1.83. The van der Waals surface area contributed by atoms with Crippen LogP contribution in [0, 0.1) is 17.2 Å². The number of benzene rings is 2. The SMILES string of the molecule is C[C@](C#N)(NC(=O)COc1cc2ccccc2cc1C(=O)O)C1CC1. The monoisotopic (exact) mass is 338 g/mol. The molecule has 1 aliphatic rings. The molecule has 25 heavy (non-hydrogen) atoms. The van der Waals surface area contributed by atoms with Crippen LogP contribution in [0.2, 0.25) is 0 Å². The first-order valence-corrected chi connectivity index (χ1v) is 8.04. The number of carbonyl (C=O) groups is 2. The number of aromatic carboxylic acids is 1. The lowest BCUT2D eigenvalue weighted by molar-refractivity contribution is -0.124. The van der Waals surface area contributed by atoms with Crippen LogP contribution in [0.1, 0.15) is 30.1 Å². The molecule has 0 heterocycles. The van der Waals surface area contributed by atoms with E-state index in [1.165, 1.54) is 6.07 Å². The summed E-state index contributed by atoms with van der Waals surface area (Å²) < 4.78 is 5.46. The van der Waals surface area contributed by atoms with Crippen molar-refractivity contribution in [1.82, 2.24) is 5.32 Å². The molecule has 0 saturated heterocycles. The largest absolute Gasteiger partial charge is 0.483 e. The smallest absolute Gasteiger partial charge is 0.339 e. The standard InChI is InChI=1S/C19H18N2O4/c1-19(11-20,14-6-7-14)21-17(22)10-25-16-9-13-5-3-2-4-12(13)8-15(16)18(23)24/h2-5,8-9,14H,6-7,10H2,1H3,(H,21,22)(H,23,24)/t19-/m1/s1. The molecular weight excluding hydrogens is 320 g/mol. The van der Waals surface area contributed by atoms with Gasteiger partial charge in [0.1, 0.15) is 16.9 Å².